The monoisotopic (exact) mass is 305 g/mol. The van der Waals surface area contributed by atoms with Crippen molar-refractivity contribution >= 4 is 21.8 Å². The second-order valence-electron chi connectivity index (χ2n) is 4.89. The molecule has 1 amide bonds. The van der Waals surface area contributed by atoms with Crippen molar-refractivity contribution in [2.24, 2.45) is 0 Å². The van der Waals surface area contributed by atoms with Gasteiger partial charge in [0.15, 0.2) is 0 Å². The Labute approximate surface area is 113 Å². The number of unbranched alkanes of at least 4 members (excludes halogenated alkanes) is 3. The number of carbonyl (C=O) groups excluding carboxylic acids is 1. The molecule has 0 unspecified atom stereocenters. The van der Waals surface area contributed by atoms with Crippen molar-refractivity contribution in [3.05, 3.63) is 0 Å². The molecule has 0 radical (unpaired) electrons. The lowest BCUT2D eigenvalue weighted by atomic mass is 9.92. The van der Waals surface area contributed by atoms with E-state index in [-0.39, 0.29) is 11.4 Å². The van der Waals surface area contributed by atoms with Crippen molar-refractivity contribution in [3.63, 3.8) is 0 Å². The van der Waals surface area contributed by atoms with E-state index in [4.69, 9.17) is 4.74 Å². The van der Waals surface area contributed by atoms with Crippen molar-refractivity contribution in [2.75, 3.05) is 18.5 Å². The second-order valence-corrected chi connectivity index (χ2v) is 5.45. The van der Waals surface area contributed by atoms with E-state index in [1.807, 2.05) is 0 Å². The van der Waals surface area contributed by atoms with Crippen molar-refractivity contribution in [1.82, 2.24) is 5.32 Å². The normalized spacial score (nSPS) is 18.9. The number of amides is 1. The van der Waals surface area contributed by atoms with Gasteiger partial charge in [-0.25, -0.2) is 0 Å². The first-order chi connectivity index (χ1) is 8.22. The van der Waals surface area contributed by atoms with Gasteiger partial charge in [0.2, 0.25) is 5.91 Å². The lowest BCUT2D eigenvalue weighted by Gasteiger charge is -2.36. The highest BCUT2D eigenvalue weighted by Crippen LogP contribution is 2.23. The zero-order chi connectivity index (χ0) is 12.6. The van der Waals surface area contributed by atoms with Crippen LogP contribution in [0.1, 0.15) is 51.9 Å². The Morgan fingerprint density at radius 3 is 2.59 bits per heavy atom. The molecule has 3 nitrogen and oxygen atoms in total. The highest BCUT2D eigenvalue weighted by molar-refractivity contribution is 9.09. The highest BCUT2D eigenvalue weighted by atomic mass is 79.9. The Balaban J connectivity index is 2.27. The van der Waals surface area contributed by atoms with Crippen molar-refractivity contribution in [1.29, 1.82) is 0 Å². The number of rotatable bonds is 7. The van der Waals surface area contributed by atoms with Gasteiger partial charge >= 0.3 is 0 Å². The number of halogens is 1. The van der Waals surface area contributed by atoms with Crippen LogP contribution >= 0.6 is 15.9 Å². The molecule has 0 bridgehead atoms. The van der Waals surface area contributed by atoms with Gasteiger partial charge in [-0.05, 0) is 19.3 Å². The third-order valence-corrected chi connectivity index (χ3v) is 4.44. The summed E-state index contributed by atoms with van der Waals surface area (Å²) in [4.78, 5) is 11.9. The zero-order valence-electron chi connectivity index (χ0n) is 10.8. The van der Waals surface area contributed by atoms with Crippen LogP contribution in [0.4, 0.5) is 0 Å². The Morgan fingerprint density at radius 2 is 2.00 bits per heavy atom. The van der Waals surface area contributed by atoms with E-state index in [2.05, 4.69) is 28.2 Å². The molecule has 1 N–H and O–H groups in total. The minimum Gasteiger partial charge on any atom is -0.381 e. The predicted octanol–water partition coefficient (Wildman–Crippen LogP) is 3.02. The maximum absolute atomic E-state index is 11.9. The van der Waals surface area contributed by atoms with Gasteiger partial charge in [0.1, 0.15) is 0 Å². The summed E-state index contributed by atoms with van der Waals surface area (Å²) in [5.41, 5.74) is -0.0694. The number of hydrogen-bond acceptors (Lipinski definition) is 2. The fourth-order valence-corrected chi connectivity index (χ4v) is 2.83. The van der Waals surface area contributed by atoms with Gasteiger partial charge in [0.05, 0.1) is 5.54 Å². The molecule has 0 saturated carbocycles. The highest BCUT2D eigenvalue weighted by Gasteiger charge is 2.32. The molecule has 0 spiro atoms. The van der Waals surface area contributed by atoms with Crippen LogP contribution in [0.3, 0.4) is 0 Å². The summed E-state index contributed by atoms with van der Waals surface area (Å²) in [6.07, 6.45) is 7.10. The lowest BCUT2D eigenvalue weighted by molar-refractivity contribution is -0.124. The molecule has 1 heterocycles. The van der Waals surface area contributed by atoms with Crippen molar-refractivity contribution < 1.29 is 9.53 Å². The zero-order valence-corrected chi connectivity index (χ0v) is 12.4. The minimum atomic E-state index is -0.0694. The molecule has 0 aromatic carbocycles. The Hall–Kier alpha value is -0.0900. The molecule has 1 aliphatic heterocycles. The summed E-state index contributed by atoms with van der Waals surface area (Å²) in [7, 11) is 0. The number of nitrogens with one attached hydrogen (secondary N) is 1. The van der Waals surface area contributed by atoms with E-state index < -0.39 is 0 Å². The first-order valence-corrected chi connectivity index (χ1v) is 7.79. The van der Waals surface area contributed by atoms with Gasteiger partial charge in [-0.15, -0.1) is 0 Å². The summed E-state index contributed by atoms with van der Waals surface area (Å²) in [5.74, 6) is 0.197. The molecular weight excluding hydrogens is 282 g/mol. The van der Waals surface area contributed by atoms with Gasteiger partial charge in [-0.1, -0.05) is 42.1 Å². The van der Waals surface area contributed by atoms with Gasteiger partial charge in [0, 0.05) is 25.0 Å². The molecule has 4 heteroatoms. The summed E-state index contributed by atoms with van der Waals surface area (Å²) in [6, 6.07) is 0. The summed E-state index contributed by atoms with van der Waals surface area (Å²) >= 11 is 3.52. The van der Waals surface area contributed by atoms with Crippen LogP contribution < -0.4 is 5.32 Å². The van der Waals surface area contributed by atoms with Crippen LogP contribution in [0.2, 0.25) is 0 Å². The van der Waals surface area contributed by atoms with Gasteiger partial charge < -0.3 is 10.1 Å². The van der Waals surface area contributed by atoms with E-state index in [1.54, 1.807) is 0 Å². The van der Waals surface area contributed by atoms with Gasteiger partial charge in [-0.3, -0.25) is 4.79 Å². The first-order valence-electron chi connectivity index (χ1n) is 6.67. The maximum atomic E-state index is 11.9. The predicted molar refractivity (Wildman–Crippen MR) is 73.5 cm³/mol. The van der Waals surface area contributed by atoms with Gasteiger partial charge in [-0.2, -0.15) is 0 Å². The minimum absolute atomic E-state index is 0.0694. The Bertz CT molecular complexity index is 227. The van der Waals surface area contributed by atoms with Crippen molar-refractivity contribution in [3.8, 4) is 0 Å². The first kappa shape index (κ1) is 15.0. The quantitative estimate of drug-likeness (QED) is 0.580. The average molecular weight is 306 g/mol. The van der Waals surface area contributed by atoms with Crippen molar-refractivity contribution in [2.45, 2.75) is 57.4 Å². The Kier molecular flexibility index (Phi) is 7.12. The number of alkyl halides is 1. The van der Waals surface area contributed by atoms with E-state index >= 15 is 0 Å². The molecule has 17 heavy (non-hydrogen) atoms. The van der Waals surface area contributed by atoms with Crippen LogP contribution in [0, 0.1) is 0 Å². The van der Waals surface area contributed by atoms with E-state index in [0.29, 0.717) is 6.42 Å². The fourth-order valence-electron chi connectivity index (χ4n) is 2.12. The summed E-state index contributed by atoms with van der Waals surface area (Å²) in [6.45, 7) is 3.69. The third kappa shape index (κ3) is 5.38. The number of ether oxygens (including phenoxy) is 1. The third-order valence-electron chi connectivity index (χ3n) is 3.37. The van der Waals surface area contributed by atoms with Crippen LogP contribution in [0.5, 0.6) is 0 Å². The molecule has 100 valence electrons. The number of carbonyl (C=O) groups is 1. The van der Waals surface area contributed by atoms with Crippen LogP contribution in [-0.2, 0) is 9.53 Å². The molecule has 0 atom stereocenters. The number of hydrogen-bond donors (Lipinski definition) is 1. The van der Waals surface area contributed by atoms with Crippen LogP contribution in [-0.4, -0.2) is 30.0 Å². The second kappa shape index (κ2) is 8.09. The molecular formula is C13H24BrNO2. The van der Waals surface area contributed by atoms with E-state index in [9.17, 15) is 4.79 Å². The lowest BCUT2D eigenvalue weighted by Crippen LogP contribution is -2.53. The molecule has 1 rings (SSSR count). The van der Waals surface area contributed by atoms with E-state index in [1.165, 1.54) is 12.8 Å². The smallest absolute Gasteiger partial charge is 0.220 e. The molecule has 1 aliphatic rings. The van der Waals surface area contributed by atoms with Crippen LogP contribution in [0.25, 0.3) is 0 Å². The Morgan fingerprint density at radius 1 is 1.29 bits per heavy atom. The fraction of sp³-hybridized carbons (Fsp3) is 0.923. The summed E-state index contributed by atoms with van der Waals surface area (Å²) < 4.78 is 5.35. The topological polar surface area (TPSA) is 38.3 Å². The standard InChI is InChI=1S/C13H24BrNO2/c1-2-3-4-5-6-12(16)15-13(11-14)7-9-17-10-8-13/h2-11H2,1H3,(H,15,16). The maximum Gasteiger partial charge on any atom is 0.220 e. The molecule has 0 aliphatic carbocycles. The van der Waals surface area contributed by atoms with Crippen LogP contribution in [0.15, 0.2) is 0 Å². The largest absolute Gasteiger partial charge is 0.381 e. The molecule has 1 saturated heterocycles. The molecule has 0 aromatic heterocycles. The van der Waals surface area contributed by atoms with Gasteiger partial charge in [0.25, 0.3) is 0 Å². The molecule has 1 fully saturated rings. The van der Waals surface area contributed by atoms with E-state index in [0.717, 1.165) is 44.2 Å². The summed E-state index contributed by atoms with van der Waals surface area (Å²) in [5, 5.41) is 4.02. The SMILES string of the molecule is CCCCCCC(=O)NC1(CBr)CCOCC1. The average Bonchev–Trinajstić information content (AvgIpc) is 2.36. The molecule has 0 aromatic rings.